The largest absolute Gasteiger partial charge is 0.315 e. The quantitative estimate of drug-likeness (QED) is 0.804. The standard InChI is InChI=1S/C14H19F3N2O2S.ClH/c15-5-1-7-22(20,21)19-14-9-18-6-4-11(14)10-2-3-12(16)13(17)8-10;/h2-3,8,11,14,18-19H,1,4-7,9H2;1H. The van der Waals surface area contributed by atoms with Crippen LogP contribution in [0.5, 0.6) is 0 Å². The van der Waals surface area contributed by atoms with E-state index in [-0.39, 0.29) is 30.5 Å². The van der Waals surface area contributed by atoms with Crippen LogP contribution in [0.2, 0.25) is 0 Å². The summed E-state index contributed by atoms with van der Waals surface area (Å²) in [5, 5.41) is 3.07. The Kier molecular flexibility index (Phi) is 7.79. The summed E-state index contributed by atoms with van der Waals surface area (Å²) in [7, 11) is -3.60. The maximum atomic E-state index is 13.4. The Balaban J connectivity index is 0.00000264. The van der Waals surface area contributed by atoms with Crippen molar-refractivity contribution < 1.29 is 21.6 Å². The molecular formula is C14H20ClF3N2O2S. The number of rotatable bonds is 6. The molecule has 2 N–H and O–H groups in total. The van der Waals surface area contributed by atoms with Gasteiger partial charge in [-0.2, -0.15) is 0 Å². The van der Waals surface area contributed by atoms with Crippen molar-refractivity contribution in [2.75, 3.05) is 25.5 Å². The molecule has 2 atom stereocenters. The number of sulfonamides is 1. The lowest BCUT2D eigenvalue weighted by atomic mass is 9.86. The summed E-state index contributed by atoms with van der Waals surface area (Å²) in [6, 6.07) is 3.15. The first-order chi connectivity index (χ1) is 10.4. The fourth-order valence-electron chi connectivity index (χ4n) is 2.66. The molecule has 0 bridgehead atoms. The highest BCUT2D eigenvalue weighted by molar-refractivity contribution is 7.89. The molecule has 1 aliphatic rings. The highest BCUT2D eigenvalue weighted by Crippen LogP contribution is 2.27. The average Bonchev–Trinajstić information content (AvgIpc) is 2.48. The van der Waals surface area contributed by atoms with Crippen LogP contribution in [0.3, 0.4) is 0 Å². The van der Waals surface area contributed by atoms with E-state index < -0.39 is 34.4 Å². The first-order valence-corrected chi connectivity index (χ1v) is 8.80. The summed E-state index contributed by atoms with van der Waals surface area (Å²) in [6.07, 6.45) is 0.534. The minimum absolute atomic E-state index is 0. The van der Waals surface area contributed by atoms with Gasteiger partial charge in [-0.15, -0.1) is 12.4 Å². The van der Waals surface area contributed by atoms with Crippen molar-refractivity contribution >= 4 is 22.4 Å². The predicted molar refractivity (Wildman–Crippen MR) is 85.1 cm³/mol. The Morgan fingerprint density at radius 1 is 1.26 bits per heavy atom. The van der Waals surface area contributed by atoms with Gasteiger partial charge in [0.05, 0.1) is 12.4 Å². The first-order valence-electron chi connectivity index (χ1n) is 7.14. The van der Waals surface area contributed by atoms with Gasteiger partial charge in [-0.3, -0.25) is 4.39 Å². The number of hydrogen-bond donors (Lipinski definition) is 2. The van der Waals surface area contributed by atoms with Crippen molar-refractivity contribution in [1.29, 1.82) is 0 Å². The van der Waals surface area contributed by atoms with Gasteiger partial charge < -0.3 is 5.32 Å². The lowest BCUT2D eigenvalue weighted by Crippen LogP contribution is -2.50. The van der Waals surface area contributed by atoms with Crippen molar-refractivity contribution in [3.05, 3.63) is 35.4 Å². The Morgan fingerprint density at radius 2 is 2.00 bits per heavy atom. The van der Waals surface area contributed by atoms with Crippen LogP contribution >= 0.6 is 12.4 Å². The second-order valence-corrected chi connectivity index (χ2v) is 7.23. The van der Waals surface area contributed by atoms with Crippen molar-refractivity contribution in [2.24, 2.45) is 0 Å². The molecule has 0 aliphatic carbocycles. The van der Waals surface area contributed by atoms with Gasteiger partial charge in [-0.05, 0) is 37.1 Å². The van der Waals surface area contributed by atoms with Gasteiger partial charge >= 0.3 is 0 Å². The predicted octanol–water partition coefficient (Wildman–Crippen LogP) is 2.11. The van der Waals surface area contributed by atoms with Gasteiger partial charge in [0.25, 0.3) is 0 Å². The smallest absolute Gasteiger partial charge is 0.212 e. The Labute approximate surface area is 140 Å². The normalized spacial score (nSPS) is 21.7. The molecular weight excluding hydrogens is 353 g/mol. The number of nitrogens with one attached hydrogen (secondary N) is 2. The molecule has 2 unspecified atom stereocenters. The number of alkyl halides is 1. The van der Waals surface area contributed by atoms with E-state index in [2.05, 4.69) is 10.0 Å². The molecule has 0 spiro atoms. The van der Waals surface area contributed by atoms with E-state index >= 15 is 0 Å². The highest BCUT2D eigenvalue weighted by atomic mass is 35.5. The summed E-state index contributed by atoms with van der Waals surface area (Å²) in [4.78, 5) is 0. The molecule has 2 rings (SSSR count). The number of halogens is 4. The second kappa shape index (κ2) is 8.86. The first kappa shape index (κ1) is 20.2. The van der Waals surface area contributed by atoms with E-state index in [1.54, 1.807) is 0 Å². The van der Waals surface area contributed by atoms with E-state index in [1.165, 1.54) is 6.07 Å². The van der Waals surface area contributed by atoms with Gasteiger partial charge in [-0.25, -0.2) is 21.9 Å². The van der Waals surface area contributed by atoms with Crippen LogP contribution in [0.4, 0.5) is 13.2 Å². The van der Waals surface area contributed by atoms with Gasteiger partial charge in [0.2, 0.25) is 10.0 Å². The molecule has 1 aromatic rings. The molecule has 1 fully saturated rings. The average molecular weight is 373 g/mol. The fraction of sp³-hybridized carbons (Fsp3) is 0.571. The lowest BCUT2D eigenvalue weighted by molar-refractivity contribution is 0.375. The van der Waals surface area contributed by atoms with Gasteiger partial charge in [0.15, 0.2) is 11.6 Å². The zero-order chi connectivity index (χ0) is 16.2. The molecule has 132 valence electrons. The maximum absolute atomic E-state index is 13.4. The third kappa shape index (κ3) is 5.63. The molecule has 1 aromatic carbocycles. The van der Waals surface area contributed by atoms with Crippen LogP contribution in [-0.2, 0) is 10.0 Å². The van der Waals surface area contributed by atoms with Gasteiger partial charge in [0.1, 0.15) is 0 Å². The summed E-state index contributed by atoms with van der Waals surface area (Å²) in [5.74, 6) is -2.42. The molecule has 0 saturated carbocycles. The summed E-state index contributed by atoms with van der Waals surface area (Å²) >= 11 is 0. The van der Waals surface area contributed by atoms with Crippen LogP contribution < -0.4 is 10.0 Å². The summed E-state index contributed by atoms with van der Waals surface area (Å²) < 4.78 is 64.9. The zero-order valence-electron chi connectivity index (χ0n) is 12.4. The third-order valence-electron chi connectivity index (χ3n) is 3.73. The number of piperidine rings is 1. The van der Waals surface area contributed by atoms with Crippen molar-refractivity contribution in [2.45, 2.75) is 24.8 Å². The van der Waals surface area contributed by atoms with E-state index in [0.29, 0.717) is 25.1 Å². The number of benzene rings is 1. The van der Waals surface area contributed by atoms with E-state index in [9.17, 15) is 21.6 Å². The van der Waals surface area contributed by atoms with Gasteiger partial charge in [0, 0.05) is 18.5 Å². The van der Waals surface area contributed by atoms with Crippen molar-refractivity contribution in [1.82, 2.24) is 10.0 Å². The maximum Gasteiger partial charge on any atom is 0.212 e. The van der Waals surface area contributed by atoms with E-state index in [0.717, 1.165) is 12.1 Å². The highest BCUT2D eigenvalue weighted by Gasteiger charge is 2.30. The van der Waals surface area contributed by atoms with E-state index in [4.69, 9.17) is 0 Å². The fourth-order valence-corrected chi connectivity index (χ4v) is 3.97. The van der Waals surface area contributed by atoms with E-state index in [1.807, 2.05) is 0 Å². The Bertz CT molecular complexity index is 616. The third-order valence-corrected chi connectivity index (χ3v) is 5.22. The molecule has 0 radical (unpaired) electrons. The van der Waals surface area contributed by atoms with Crippen LogP contribution in [0, 0.1) is 11.6 Å². The lowest BCUT2D eigenvalue weighted by Gasteiger charge is -2.33. The molecule has 4 nitrogen and oxygen atoms in total. The van der Waals surface area contributed by atoms with Crippen LogP contribution in [0.15, 0.2) is 18.2 Å². The monoisotopic (exact) mass is 372 g/mol. The molecule has 0 aromatic heterocycles. The number of hydrogen-bond acceptors (Lipinski definition) is 3. The molecule has 1 aliphatic heterocycles. The van der Waals surface area contributed by atoms with Crippen LogP contribution in [-0.4, -0.2) is 40.0 Å². The summed E-state index contributed by atoms with van der Waals surface area (Å²) in [5.41, 5.74) is 0.554. The minimum atomic E-state index is -3.60. The van der Waals surface area contributed by atoms with Crippen molar-refractivity contribution in [3.63, 3.8) is 0 Å². The molecule has 23 heavy (non-hydrogen) atoms. The van der Waals surface area contributed by atoms with Crippen molar-refractivity contribution in [3.8, 4) is 0 Å². The Hall–Kier alpha value is -0.830. The minimum Gasteiger partial charge on any atom is -0.315 e. The van der Waals surface area contributed by atoms with Gasteiger partial charge in [-0.1, -0.05) is 6.07 Å². The zero-order valence-corrected chi connectivity index (χ0v) is 14.0. The van der Waals surface area contributed by atoms with Crippen LogP contribution in [0.1, 0.15) is 24.3 Å². The molecule has 0 amide bonds. The molecule has 1 saturated heterocycles. The SMILES string of the molecule is Cl.O=S(=O)(CCCF)NC1CNCCC1c1ccc(F)c(F)c1. The molecule has 1 heterocycles. The Morgan fingerprint density at radius 3 is 2.65 bits per heavy atom. The topological polar surface area (TPSA) is 58.2 Å². The van der Waals surface area contributed by atoms with Crippen LogP contribution in [0.25, 0.3) is 0 Å². The summed E-state index contributed by atoms with van der Waals surface area (Å²) in [6.45, 7) is 0.349. The second-order valence-electron chi connectivity index (χ2n) is 5.36. The molecule has 9 heteroatoms.